The van der Waals surface area contributed by atoms with E-state index in [2.05, 4.69) is 11.8 Å². The Balaban J connectivity index is 1.94. The Bertz CT molecular complexity index is 150. The summed E-state index contributed by atoms with van der Waals surface area (Å²) in [5.74, 6) is 2.14. The number of piperidine rings is 3. The van der Waals surface area contributed by atoms with Gasteiger partial charge in [0.05, 0.1) is 0 Å². The molecule has 1 saturated carbocycles. The van der Waals surface area contributed by atoms with Crippen LogP contribution in [0.2, 0.25) is 0 Å². The Kier molecular flexibility index (Phi) is 1.07. The molecule has 3 aliphatic heterocycles. The van der Waals surface area contributed by atoms with Crippen LogP contribution in [-0.4, -0.2) is 24.5 Å². The average molecular weight is 151 g/mol. The summed E-state index contributed by atoms with van der Waals surface area (Å²) in [5, 5.41) is 0. The summed E-state index contributed by atoms with van der Waals surface area (Å²) in [5.41, 5.74) is 0.726. The normalized spacial score (nSPS) is 60.3. The fourth-order valence-electron chi connectivity index (χ4n) is 4.00. The second-order valence-corrected chi connectivity index (χ2v) is 5.38. The first-order valence-corrected chi connectivity index (χ1v) is 4.96. The van der Waals surface area contributed by atoms with Crippen molar-refractivity contribution in [2.24, 2.45) is 17.3 Å². The highest BCUT2D eigenvalue weighted by molar-refractivity contribution is 4.99. The van der Waals surface area contributed by atoms with Gasteiger partial charge in [0, 0.05) is 19.6 Å². The van der Waals surface area contributed by atoms with Gasteiger partial charge in [-0.25, -0.2) is 0 Å². The van der Waals surface area contributed by atoms with Crippen molar-refractivity contribution in [3.05, 3.63) is 0 Å². The van der Waals surface area contributed by atoms with Gasteiger partial charge >= 0.3 is 0 Å². The molecule has 0 amide bonds. The molecule has 4 fully saturated rings. The summed E-state index contributed by atoms with van der Waals surface area (Å²) in [4.78, 5) is 2.70. The molecule has 3 saturated heterocycles. The third-order valence-corrected chi connectivity index (χ3v) is 3.87. The molecule has 1 nitrogen and oxygen atoms in total. The Hall–Kier alpha value is -0.0400. The van der Waals surface area contributed by atoms with Crippen molar-refractivity contribution in [1.29, 1.82) is 0 Å². The third kappa shape index (κ3) is 0.868. The van der Waals surface area contributed by atoms with E-state index in [0.717, 1.165) is 17.3 Å². The number of nitrogens with zero attached hydrogens (tertiary/aromatic N) is 1. The van der Waals surface area contributed by atoms with Gasteiger partial charge in [0.25, 0.3) is 0 Å². The maximum atomic E-state index is 2.70. The standard InChI is InChI=1S/C10H17N/c1-10-3-8-2-9(4-10)6-11(5-8)7-10/h8-9H,2-7H2,1H3. The van der Waals surface area contributed by atoms with E-state index in [1.807, 2.05) is 0 Å². The lowest BCUT2D eigenvalue weighted by Gasteiger charge is -2.57. The van der Waals surface area contributed by atoms with Gasteiger partial charge < -0.3 is 4.90 Å². The Morgan fingerprint density at radius 2 is 1.82 bits per heavy atom. The fraction of sp³-hybridized carbons (Fsp3) is 1.00. The van der Waals surface area contributed by atoms with Crippen LogP contribution < -0.4 is 0 Å². The quantitative estimate of drug-likeness (QED) is 0.509. The molecule has 0 radical (unpaired) electrons. The summed E-state index contributed by atoms with van der Waals surface area (Å²) in [6, 6.07) is 0. The van der Waals surface area contributed by atoms with Crippen molar-refractivity contribution in [2.75, 3.05) is 19.6 Å². The van der Waals surface area contributed by atoms with Gasteiger partial charge in [0.1, 0.15) is 0 Å². The Labute approximate surface area is 68.8 Å². The maximum Gasteiger partial charge on any atom is 0.00358 e. The maximum absolute atomic E-state index is 2.70. The van der Waals surface area contributed by atoms with Crippen LogP contribution in [0.4, 0.5) is 0 Å². The van der Waals surface area contributed by atoms with Crippen LogP contribution in [0.15, 0.2) is 0 Å². The highest BCUT2D eigenvalue weighted by Crippen LogP contribution is 2.50. The monoisotopic (exact) mass is 151 g/mol. The summed E-state index contributed by atoms with van der Waals surface area (Å²) in [6.07, 6.45) is 4.60. The smallest absolute Gasteiger partial charge is 0.00358 e. The van der Waals surface area contributed by atoms with Crippen molar-refractivity contribution < 1.29 is 0 Å². The van der Waals surface area contributed by atoms with Crippen LogP contribution in [0.1, 0.15) is 26.2 Å². The third-order valence-electron chi connectivity index (χ3n) is 3.87. The van der Waals surface area contributed by atoms with Crippen molar-refractivity contribution in [1.82, 2.24) is 4.90 Å². The van der Waals surface area contributed by atoms with Crippen LogP contribution in [-0.2, 0) is 0 Å². The molecule has 1 heteroatoms. The van der Waals surface area contributed by atoms with Crippen LogP contribution in [0.25, 0.3) is 0 Å². The number of hydrogen-bond donors (Lipinski definition) is 0. The van der Waals surface area contributed by atoms with E-state index in [1.165, 1.54) is 32.5 Å². The van der Waals surface area contributed by atoms with Gasteiger partial charge in [-0.15, -0.1) is 0 Å². The minimum Gasteiger partial charge on any atom is -0.302 e. The van der Waals surface area contributed by atoms with E-state index in [-0.39, 0.29) is 0 Å². The molecule has 4 aliphatic rings. The molecule has 4 bridgehead atoms. The van der Waals surface area contributed by atoms with Crippen LogP contribution in [0.5, 0.6) is 0 Å². The molecule has 4 rings (SSSR count). The van der Waals surface area contributed by atoms with E-state index in [9.17, 15) is 0 Å². The average Bonchev–Trinajstić information content (AvgIpc) is 1.79. The zero-order valence-electron chi connectivity index (χ0n) is 7.34. The number of hydrogen-bond acceptors (Lipinski definition) is 1. The SMILES string of the molecule is CC12CC3CC(CN(C3)C1)C2. The van der Waals surface area contributed by atoms with Gasteiger partial charge in [-0.05, 0) is 36.5 Å². The molecule has 62 valence electrons. The van der Waals surface area contributed by atoms with Crippen molar-refractivity contribution >= 4 is 0 Å². The second-order valence-electron chi connectivity index (χ2n) is 5.38. The minimum absolute atomic E-state index is 0.726. The molecule has 0 N–H and O–H groups in total. The van der Waals surface area contributed by atoms with E-state index < -0.39 is 0 Å². The van der Waals surface area contributed by atoms with Crippen molar-refractivity contribution in [3.63, 3.8) is 0 Å². The lowest BCUT2D eigenvalue weighted by Crippen LogP contribution is -2.57. The first-order valence-electron chi connectivity index (χ1n) is 4.96. The summed E-state index contributed by atoms with van der Waals surface area (Å²) in [7, 11) is 0. The predicted molar refractivity (Wildman–Crippen MR) is 45.4 cm³/mol. The van der Waals surface area contributed by atoms with E-state index in [1.54, 1.807) is 6.42 Å². The topological polar surface area (TPSA) is 3.24 Å². The molecule has 11 heavy (non-hydrogen) atoms. The summed E-state index contributed by atoms with van der Waals surface area (Å²) < 4.78 is 0. The van der Waals surface area contributed by atoms with Crippen molar-refractivity contribution in [2.45, 2.75) is 26.2 Å². The molecule has 0 aromatic carbocycles. The summed E-state index contributed by atoms with van der Waals surface area (Å²) in [6.45, 7) is 6.75. The minimum atomic E-state index is 0.726. The summed E-state index contributed by atoms with van der Waals surface area (Å²) >= 11 is 0. The largest absolute Gasteiger partial charge is 0.302 e. The molecule has 2 atom stereocenters. The first-order chi connectivity index (χ1) is 5.23. The lowest BCUT2D eigenvalue weighted by atomic mass is 9.60. The van der Waals surface area contributed by atoms with E-state index in [4.69, 9.17) is 0 Å². The van der Waals surface area contributed by atoms with Crippen LogP contribution in [0.3, 0.4) is 0 Å². The molecule has 1 aliphatic carbocycles. The highest BCUT2D eigenvalue weighted by atomic mass is 15.2. The molecule has 2 unspecified atom stereocenters. The zero-order chi connectivity index (χ0) is 7.47. The fourth-order valence-corrected chi connectivity index (χ4v) is 4.00. The van der Waals surface area contributed by atoms with Gasteiger partial charge in [-0.3, -0.25) is 0 Å². The van der Waals surface area contributed by atoms with Crippen LogP contribution >= 0.6 is 0 Å². The molecule has 0 spiro atoms. The van der Waals surface area contributed by atoms with Gasteiger partial charge in [0.2, 0.25) is 0 Å². The molecule has 0 aromatic rings. The number of rotatable bonds is 0. The van der Waals surface area contributed by atoms with E-state index in [0.29, 0.717) is 0 Å². The molecule has 0 aromatic heterocycles. The second kappa shape index (κ2) is 1.82. The van der Waals surface area contributed by atoms with Gasteiger partial charge in [-0.1, -0.05) is 6.92 Å². The van der Waals surface area contributed by atoms with E-state index >= 15 is 0 Å². The Morgan fingerprint density at radius 3 is 2.27 bits per heavy atom. The van der Waals surface area contributed by atoms with Gasteiger partial charge in [-0.2, -0.15) is 0 Å². The highest BCUT2D eigenvalue weighted by Gasteiger charge is 2.47. The van der Waals surface area contributed by atoms with Crippen molar-refractivity contribution in [3.8, 4) is 0 Å². The van der Waals surface area contributed by atoms with Crippen LogP contribution in [0, 0.1) is 17.3 Å². The molecule has 3 heterocycles. The molecular formula is C10H17N. The Morgan fingerprint density at radius 1 is 1.18 bits per heavy atom. The predicted octanol–water partition coefficient (Wildman–Crippen LogP) is 1.74. The molecular weight excluding hydrogens is 134 g/mol. The first kappa shape index (κ1) is 6.47. The lowest BCUT2D eigenvalue weighted by molar-refractivity contribution is -0.0693. The zero-order valence-corrected chi connectivity index (χ0v) is 7.34. The van der Waals surface area contributed by atoms with Gasteiger partial charge in [0.15, 0.2) is 0 Å².